The van der Waals surface area contributed by atoms with Gasteiger partial charge in [-0.1, -0.05) is 12.1 Å². The molecule has 0 radical (unpaired) electrons. The van der Waals surface area contributed by atoms with Gasteiger partial charge in [0, 0.05) is 37.0 Å². The number of ether oxygens (including phenoxy) is 1. The van der Waals surface area contributed by atoms with Crippen LogP contribution in [0.1, 0.15) is 12.0 Å². The number of aliphatic hydroxyl groups excluding tert-OH is 1. The summed E-state index contributed by atoms with van der Waals surface area (Å²) < 4.78 is 20.8. The van der Waals surface area contributed by atoms with Gasteiger partial charge < -0.3 is 9.84 Å². The van der Waals surface area contributed by atoms with Crippen molar-refractivity contribution in [3.8, 4) is 22.7 Å². The van der Waals surface area contributed by atoms with Crippen LogP contribution in [-0.4, -0.2) is 46.1 Å². The van der Waals surface area contributed by atoms with Crippen LogP contribution >= 0.6 is 0 Å². The Morgan fingerprint density at radius 1 is 1.22 bits per heavy atom. The number of hydrogen-bond acceptors (Lipinski definition) is 4. The Hall–Kier alpha value is -2.70. The maximum Gasteiger partial charge on any atom is 0.123 e. The molecule has 2 aromatic carbocycles. The highest BCUT2D eigenvalue weighted by molar-refractivity contribution is 5.63. The SMILES string of the molecule is COc1ccc(-n2cc(CN3CC[C@@H](O)C3)c(-c3cccc(F)c3)n2)cc1. The van der Waals surface area contributed by atoms with Gasteiger partial charge in [-0.25, -0.2) is 9.07 Å². The number of β-amino-alcohol motifs (C(OH)–C–C–N with tert-alkyl or cyclic N) is 1. The monoisotopic (exact) mass is 367 g/mol. The normalized spacial score (nSPS) is 17.4. The molecule has 1 aliphatic heterocycles. The van der Waals surface area contributed by atoms with Gasteiger partial charge in [0.25, 0.3) is 0 Å². The molecule has 0 spiro atoms. The summed E-state index contributed by atoms with van der Waals surface area (Å²) in [6.45, 7) is 2.16. The van der Waals surface area contributed by atoms with E-state index in [9.17, 15) is 9.50 Å². The van der Waals surface area contributed by atoms with Gasteiger partial charge in [-0.15, -0.1) is 0 Å². The minimum atomic E-state index is -0.283. The molecular weight excluding hydrogens is 345 g/mol. The van der Waals surface area contributed by atoms with Crippen molar-refractivity contribution in [2.24, 2.45) is 0 Å². The number of rotatable bonds is 5. The van der Waals surface area contributed by atoms with Crippen LogP contribution in [0.4, 0.5) is 4.39 Å². The first kappa shape index (κ1) is 17.7. The molecule has 4 rings (SSSR count). The van der Waals surface area contributed by atoms with E-state index in [4.69, 9.17) is 9.84 Å². The number of methoxy groups -OCH3 is 1. The zero-order valence-corrected chi connectivity index (χ0v) is 15.2. The fourth-order valence-corrected chi connectivity index (χ4v) is 3.47. The molecule has 0 saturated carbocycles. The van der Waals surface area contributed by atoms with Gasteiger partial charge in [-0.05, 0) is 42.8 Å². The second kappa shape index (κ2) is 7.50. The van der Waals surface area contributed by atoms with Gasteiger partial charge in [0.15, 0.2) is 0 Å². The summed E-state index contributed by atoms with van der Waals surface area (Å²) >= 11 is 0. The standard InChI is InChI=1S/C21H22FN3O2/c1-27-20-7-5-18(6-8-20)25-13-16(12-24-10-9-19(26)14-24)21(23-25)15-3-2-4-17(22)11-15/h2-8,11,13,19,26H,9-10,12,14H2,1H3/t19-/m1/s1. The Bertz CT molecular complexity index is 923. The fraction of sp³-hybridized carbons (Fsp3) is 0.286. The van der Waals surface area contributed by atoms with E-state index < -0.39 is 0 Å². The van der Waals surface area contributed by atoms with Gasteiger partial charge in [-0.2, -0.15) is 5.10 Å². The lowest BCUT2D eigenvalue weighted by Gasteiger charge is -2.14. The van der Waals surface area contributed by atoms with Crippen molar-refractivity contribution in [1.82, 2.24) is 14.7 Å². The molecule has 0 unspecified atom stereocenters. The first-order valence-corrected chi connectivity index (χ1v) is 9.02. The topological polar surface area (TPSA) is 50.5 Å². The molecule has 6 heteroatoms. The highest BCUT2D eigenvalue weighted by atomic mass is 19.1. The van der Waals surface area contributed by atoms with Crippen LogP contribution in [0.5, 0.6) is 5.75 Å². The van der Waals surface area contributed by atoms with Crippen molar-refractivity contribution >= 4 is 0 Å². The Labute approximate surface area is 157 Å². The highest BCUT2D eigenvalue weighted by Crippen LogP contribution is 2.27. The summed E-state index contributed by atoms with van der Waals surface area (Å²) in [7, 11) is 1.63. The third kappa shape index (κ3) is 3.86. The average molecular weight is 367 g/mol. The second-order valence-corrected chi connectivity index (χ2v) is 6.83. The second-order valence-electron chi connectivity index (χ2n) is 6.83. The highest BCUT2D eigenvalue weighted by Gasteiger charge is 2.23. The molecule has 140 valence electrons. The van der Waals surface area contributed by atoms with Crippen molar-refractivity contribution < 1.29 is 14.2 Å². The molecule has 1 saturated heterocycles. The molecule has 2 heterocycles. The molecule has 0 amide bonds. The molecule has 27 heavy (non-hydrogen) atoms. The lowest BCUT2D eigenvalue weighted by Crippen LogP contribution is -2.21. The van der Waals surface area contributed by atoms with Gasteiger partial charge >= 0.3 is 0 Å². The number of aliphatic hydroxyl groups is 1. The van der Waals surface area contributed by atoms with Crippen molar-refractivity contribution in [2.45, 2.75) is 19.1 Å². The quantitative estimate of drug-likeness (QED) is 0.752. The minimum Gasteiger partial charge on any atom is -0.497 e. The Morgan fingerprint density at radius 3 is 2.70 bits per heavy atom. The van der Waals surface area contributed by atoms with E-state index in [0.29, 0.717) is 13.1 Å². The zero-order valence-electron chi connectivity index (χ0n) is 15.2. The molecule has 1 aromatic heterocycles. The fourth-order valence-electron chi connectivity index (χ4n) is 3.47. The van der Waals surface area contributed by atoms with Crippen molar-refractivity contribution in [2.75, 3.05) is 20.2 Å². The number of hydrogen-bond donors (Lipinski definition) is 1. The average Bonchev–Trinajstić information content (AvgIpc) is 3.28. The minimum absolute atomic E-state index is 0.278. The molecule has 1 atom stereocenters. The molecule has 0 aliphatic carbocycles. The van der Waals surface area contributed by atoms with E-state index in [1.165, 1.54) is 12.1 Å². The van der Waals surface area contributed by atoms with Gasteiger partial charge in [0.1, 0.15) is 11.6 Å². The van der Waals surface area contributed by atoms with Gasteiger partial charge in [0.2, 0.25) is 0 Å². The Morgan fingerprint density at radius 2 is 2.04 bits per heavy atom. The Balaban J connectivity index is 1.71. The molecule has 1 aliphatic rings. The maximum atomic E-state index is 13.8. The summed E-state index contributed by atoms with van der Waals surface area (Å²) in [5.74, 6) is 0.497. The predicted molar refractivity (Wildman–Crippen MR) is 101 cm³/mol. The van der Waals surface area contributed by atoms with Crippen LogP contribution in [0.2, 0.25) is 0 Å². The van der Waals surface area contributed by atoms with Crippen LogP contribution in [0.3, 0.4) is 0 Å². The molecule has 1 N–H and O–H groups in total. The number of aromatic nitrogens is 2. The molecule has 5 nitrogen and oxygen atoms in total. The summed E-state index contributed by atoms with van der Waals surface area (Å²) in [4.78, 5) is 2.20. The predicted octanol–water partition coefficient (Wildman–Crippen LogP) is 3.25. The number of nitrogens with zero attached hydrogens (tertiary/aromatic N) is 3. The van der Waals surface area contributed by atoms with E-state index in [-0.39, 0.29) is 11.9 Å². The number of halogens is 1. The van der Waals surface area contributed by atoms with Gasteiger partial charge in [-0.3, -0.25) is 4.90 Å². The van der Waals surface area contributed by atoms with Crippen molar-refractivity contribution in [3.63, 3.8) is 0 Å². The van der Waals surface area contributed by atoms with Gasteiger partial charge in [0.05, 0.1) is 24.6 Å². The van der Waals surface area contributed by atoms with Crippen LogP contribution in [0, 0.1) is 5.82 Å². The smallest absolute Gasteiger partial charge is 0.123 e. The largest absolute Gasteiger partial charge is 0.497 e. The van der Waals surface area contributed by atoms with E-state index in [1.807, 2.05) is 41.2 Å². The third-order valence-corrected chi connectivity index (χ3v) is 4.87. The lowest BCUT2D eigenvalue weighted by atomic mass is 10.1. The molecule has 1 fully saturated rings. The number of benzene rings is 2. The summed E-state index contributed by atoms with van der Waals surface area (Å²) in [5, 5.41) is 14.5. The van der Waals surface area contributed by atoms with E-state index in [2.05, 4.69) is 4.90 Å². The Kier molecular flexibility index (Phi) is 4.92. The van der Waals surface area contributed by atoms with Crippen molar-refractivity contribution in [3.05, 3.63) is 66.1 Å². The third-order valence-electron chi connectivity index (χ3n) is 4.87. The van der Waals surface area contributed by atoms with E-state index >= 15 is 0 Å². The van der Waals surface area contributed by atoms with Crippen LogP contribution in [0.15, 0.2) is 54.7 Å². The summed E-state index contributed by atoms with van der Waals surface area (Å²) in [6.07, 6.45) is 2.48. The van der Waals surface area contributed by atoms with Crippen molar-refractivity contribution in [1.29, 1.82) is 0 Å². The first-order chi connectivity index (χ1) is 13.1. The summed E-state index contributed by atoms with van der Waals surface area (Å²) in [5.41, 5.74) is 3.41. The first-order valence-electron chi connectivity index (χ1n) is 9.02. The molecule has 0 bridgehead atoms. The van der Waals surface area contributed by atoms with E-state index in [1.54, 1.807) is 13.2 Å². The van der Waals surface area contributed by atoms with Crippen LogP contribution in [-0.2, 0) is 6.54 Å². The summed E-state index contributed by atoms with van der Waals surface area (Å²) in [6, 6.07) is 14.1. The van der Waals surface area contributed by atoms with Crippen LogP contribution in [0.25, 0.3) is 16.9 Å². The number of likely N-dealkylation sites (tertiary alicyclic amines) is 1. The van der Waals surface area contributed by atoms with Crippen LogP contribution < -0.4 is 4.74 Å². The molecular formula is C21H22FN3O2. The lowest BCUT2D eigenvalue weighted by molar-refractivity contribution is 0.175. The maximum absolute atomic E-state index is 13.8. The zero-order chi connectivity index (χ0) is 18.8. The van der Waals surface area contributed by atoms with E-state index in [0.717, 1.165) is 41.2 Å². The molecule has 3 aromatic rings.